The van der Waals surface area contributed by atoms with Gasteiger partial charge in [0.25, 0.3) is 10.0 Å². The normalized spacial score (nSPS) is 11.4. The summed E-state index contributed by atoms with van der Waals surface area (Å²) in [6.45, 7) is 3.92. The number of benzene rings is 2. The SMILES string of the molecule is CCN(c1cccc(Cl)c1Cl)S(=O)(=O)c1ccc(C)cc1. The number of hydrogen-bond acceptors (Lipinski definition) is 2. The summed E-state index contributed by atoms with van der Waals surface area (Å²) < 4.78 is 26.8. The molecule has 2 rings (SSSR count). The molecular weight excluding hydrogens is 329 g/mol. The fourth-order valence-corrected chi connectivity index (χ4v) is 3.93. The van der Waals surface area contributed by atoms with E-state index < -0.39 is 10.0 Å². The van der Waals surface area contributed by atoms with E-state index in [2.05, 4.69) is 0 Å². The van der Waals surface area contributed by atoms with Gasteiger partial charge in [-0.2, -0.15) is 0 Å². The van der Waals surface area contributed by atoms with Crippen LogP contribution in [0.4, 0.5) is 5.69 Å². The molecule has 6 heteroatoms. The molecule has 0 unspecified atom stereocenters. The standard InChI is InChI=1S/C15H15Cl2NO2S/c1-3-18(14-6-4-5-13(16)15(14)17)21(19,20)12-9-7-11(2)8-10-12/h4-10H,3H2,1-2H3. The highest BCUT2D eigenvalue weighted by atomic mass is 35.5. The molecule has 2 aromatic rings. The minimum absolute atomic E-state index is 0.228. The van der Waals surface area contributed by atoms with E-state index >= 15 is 0 Å². The van der Waals surface area contributed by atoms with Crippen LogP contribution < -0.4 is 4.31 Å². The van der Waals surface area contributed by atoms with Crippen molar-refractivity contribution in [1.29, 1.82) is 0 Å². The Labute approximate surface area is 135 Å². The highest BCUT2D eigenvalue weighted by Crippen LogP contribution is 2.35. The third kappa shape index (κ3) is 3.18. The van der Waals surface area contributed by atoms with Gasteiger partial charge in [-0.05, 0) is 38.1 Å². The van der Waals surface area contributed by atoms with Crippen LogP contribution in [-0.4, -0.2) is 15.0 Å². The van der Waals surface area contributed by atoms with Crippen molar-refractivity contribution in [2.45, 2.75) is 18.7 Å². The number of nitrogens with zero attached hydrogens (tertiary/aromatic N) is 1. The second kappa shape index (κ2) is 6.26. The number of anilines is 1. The largest absolute Gasteiger partial charge is 0.265 e. The summed E-state index contributed by atoms with van der Waals surface area (Å²) in [5.41, 5.74) is 1.38. The third-order valence-electron chi connectivity index (χ3n) is 3.10. The maximum Gasteiger partial charge on any atom is 0.264 e. The van der Waals surface area contributed by atoms with Gasteiger partial charge < -0.3 is 0 Å². The highest BCUT2D eigenvalue weighted by Gasteiger charge is 2.25. The molecule has 0 radical (unpaired) electrons. The van der Waals surface area contributed by atoms with Crippen molar-refractivity contribution in [3.8, 4) is 0 Å². The first-order valence-corrected chi connectivity index (χ1v) is 8.61. The summed E-state index contributed by atoms with van der Waals surface area (Å²) in [6, 6.07) is 11.7. The molecule has 0 bridgehead atoms. The van der Waals surface area contributed by atoms with Crippen LogP contribution in [0.25, 0.3) is 0 Å². The summed E-state index contributed by atoms with van der Waals surface area (Å²) in [4.78, 5) is 0.228. The monoisotopic (exact) mass is 343 g/mol. The first-order chi connectivity index (χ1) is 9.87. The van der Waals surface area contributed by atoms with Crippen LogP contribution in [0, 0.1) is 6.92 Å². The quantitative estimate of drug-likeness (QED) is 0.818. The Hall–Kier alpha value is -1.23. The Morgan fingerprint density at radius 3 is 2.24 bits per heavy atom. The summed E-state index contributed by atoms with van der Waals surface area (Å²) in [7, 11) is -3.67. The Balaban J connectivity index is 2.54. The maximum absolute atomic E-state index is 12.8. The lowest BCUT2D eigenvalue weighted by atomic mass is 10.2. The van der Waals surface area contributed by atoms with Crippen LogP contribution in [0.3, 0.4) is 0 Å². The van der Waals surface area contributed by atoms with Crippen molar-refractivity contribution in [3.63, 3.8) is 0 Å². The molecule has 0 spiro atoms. The van der Waals surface area contributed by atoms with Crippen molar-refractivity contribution in [1.82, 2.24) is 0 Å². The van der Waals surface area contributed by atoms with Gasteiger partial charge in [0.2, 0.25) is 0 Å². The van der Waals surface area contributed by atoms with Crippen molar-refractivity contribution < 1.29 is 8.42 Å². The van der Waals surface area contributed by atoms with E-state index in [9.17, 15) is 8.42 Å². The van der Waals surface area contributed by atoms with Gasteiger partial charge in [-0.1, -0.05) is 47.0 Å². The zero-order valence-corrected chi connectivity index (χ0v) is 14.0. The number of hydrogen-bond donors (Lipinski definition) is 0. The number of aryl methyl sites for hydroxylation is 1. The van der Waals surface area contributed by atoms with Gasteiger partial charge in [0.1, 0.15) is 0 Å². The van der Waals surface area contributed by atoms with Crippen molar-refractivity contribution in [3.05, 3.63) is 58.1 Å². The lowest BCUT2D eigenvalue weighted by molar-refractivity contribution is 0.592. The van der Waals surface area contributed by atoms with E-state index in [-0.39, 0.29) is 16.5 Å². The molecule has 0 atom stereocenters. The molecule has 0 aliphatic rings. The summed E-state index contributed by atoms with van der Waals surface area (Å²) in [6.07, 6.45) is 0. The fourth-order valence-electron chi connectivity index (χ4n) is 1.99. The lowest BCUT2D eigenvalue weighted by Crippen LogP contribution is -2.31. The maximum atomic E-state index is 12.8. The molecule has 0 aromatic heterocycles. The Morgan fingerprint density at radius 1 is 1.05 bits per heavy atom. The molecule has 0 heterocycles. The first-order valence-electron chi connectivity index (χ1n) is 6.41. The molecule has 2 aromatic carbocycles. The predicted octanol–water partition coefficient (Wildman–Crippen LogP) is 4.52. The molecule has 112 valence electrons. The molecule has 0 aliphatic heterocycles. The van der Waals surface area contributed by atoms with E-state index in [4.69, 9.17) is 23.2 Å². The summed E-state index contributed by atoms with van der Waals surface area (Å²) in [5.74, 6) is 0. The van der Waals surface area contributed by atoms with Gasteiger partial charge in [0, 0.05) is 6.54 Å². The minimum Gasteiger partial charge on any atom is -0.265 e. The van der Waals surface area contributed by atoms with Crippen LogP contribution in [0.2, 0.25) is 10.0 Å². The van der Waals surface area contributed by atoms with Crippen molar-refractivity contribution >= 4 is 38.9 Å². The van der Waals surface area contributed by atoms with Gasteiger partial charge in [0.05, 0.1) is 20.6 Å². The molecule has 0 saturated heterocycles. The number of rotatable bonds is 4. The molecule has 0 saturated carbocycles. The molecular formula is C15H15Cl2NO2S. The van der Waals surface area contributed by atoms with E-state index in [1.807, 2.05) is 6.92 Å². The zero-order chi connectivity index (χ0) is 15.6. The average molecular weight is 344 g/mol. The van der Waals surface area contributed by atoms with Gasteiger partial charge >= 0.3 is 0 Å². The molecule has 0 aliphatic carbocycles. The van der Waals surface area contributed by atoms with E-state index in [1.165, 1.54) is 4.31 Å². The highest BCUT2D eigenvalue weighted by molar-refractivity contribution is 7.92. The Kier molecular flexibility index (Phi) is 4.81. The lowest BCUT2D eigenvalue weighted by Gasteiger charge is -2.24. The molecule has 0 N–H and O–H groups in total. The summed E-state index contributed by atoms with van der Waals surface area (Å²) >= 11 is 12.1. The average Bonchev–Trinajstić information content (AvgIpc) is 2.44. The number of halogens is 2. The smallest absolute Gasteiger partial charge is 0.264 e. The van der Waals surface area contributed by atoms with Crippen molar-refractivity contribution in [2.75, 3.05) is 10.8 Å². The number of sulfonamides is 1. The van der Waals surface area contributed by atoms with E-state index in [1.54, 1.807) is 49.4 Å². The van der Waals surface area contributed by atoms with Crippen LogP contribution in [0.15, 0.2) is 47.4 Å². The minimum atomic E-state index is -3.67. The summed E-state index contributed by atoms with van der Waals surface area (Å²) in [5, 5.41) is 0.559. The first kappa shape index (κ1) is 16.1. The fraction of sp³-hybridized carbons (Fsp3) is 0.200. The van der Waals surface area contributed by atoms with Crippen LogP contribution in [0.5, 0.6) is 0 Å². The Morgan fingerprint density at radius 2 is 1.67 bits per heavy atom. The van der Waals surface area contributed by atoms with Gasteiger partial charge in [0.15, 0.2) is 0 Å². The Bertz CT molecular complexity index is 743. The van der Waals surface area contributed by atoms with E-state index in [0.717, 1.165) is 5.56 Å². The van der Waals surface area contributed by atoms with Gasteiger partial charge in [-0.15, -0.1) is 0 Å². The van der Waals surface area contributed by atoms with E-state index in [0.29, 0.717) is 10.7 Å². The van der Waals surface area contributed by atoms with Crippen LogP contribution in [0.1, 0.15) is 12.5 Å². The molecule has 0 amide bonds. The van der Waals surface area contributed by atoms with Crippen LogP contribution in [-0.2, 0) is 10.0 Å². The second-order valence-corrected chi connectivity index (χ2v) is 7.20. The second-order valence-electron chi connectivity index (χ2n) is 4.56. The van der Waals surface area contributed by atoms with Gasteiger partial charge in [-0.3, -0.25) is 4.31 Å². The molecule has 0 fully saturated rings. The zero-order valence-electron chi connectivity index (χ0n) is 11.7. The topological polar surface area (TPSA) is 37.4 Å². The molecule has 21 heavy (non-hydrogen) atoms. The van der Waals surface area contributed by atoms with Crippen molar-refractivity contribution in [2.24, 2.45) is 0 Å². The molecule has 3 nitrogen and oxygen atoms in total. The third-order valence-corrected chi connectivity index (χ3v) is 5.81. The predicted molar refractivity (Wildman–Crippen MR) is 87.8 cm³/mol. The van der Waals surface area contributed by atoms with Crippen LogP contribution >= 0.6 is 23.2 Å². The van der Waals surface area contributed by atoms with Gasteiger partial charge in [-0.25, -0.2) is 8.42 Å².